The van der Waals surface area contributed by atoms with Gasteiger partial charge in [-0.05, 0) is 73.0 Å². The first-order valence-corrected chi connectivity index (χ1v) is 12.6. The van der Waals surface area contributed by atoms with Crippen molar-refractivity contribution in [2.24, 2.45) is 0 Å². The third-order valence-electron chi connectivity index (χ3n) is 5.39. The third-order valence-corrected chi connectivity index (χ3v) is 7.98. The van der Waals surface area contributed by atoms with Gasteiger partial charge in [-0.25, -0.2) is 8.42 Å². The third kappa shape index (κ3) is 4.87. The normalized spacial score (nSPS) is 15.0. The lowest BCUT2D eigenvalue weighted by Gasteiger charge is -2.28. The molecule has 0 atom stereocenters. The van der Waals surface area contributed by atoms with E-state index in [0.29, 0.717) is 28.8 Å². The standard InChI is InChI=1S/C22H28BrN3O3S/c1-3-25(4-2)21-13-12-17(30(28,29)26-14-8-5-9-15-26)16-20(21)24-22(27)18-10-6-7-11-19(18)23/h6-7,10-13,16H,3-5,8-9,14-15H2,1-2H3,(H,24,27). The molecule has 6 nitrogen and oxygen atoms in total. The molecule has 0 saturated carbocycles. The second-order valence-electron chi connectivity index (χ2n) is 7.25. The summed E-state index contributed by atoms with van der Waals surface area (Å²) in [5.41, 5.74) is 1.79. The molecule has 1 saturated heterocycles. The molecule has 0 spiro atoms. The van der Waals surface area contributed by atoms with E-state index in [4.69, 9.17) is 0 Å². The first-order chi connectivity index (χ1) is 14.4. The van der Waals surface area contributed by atoms with E-state index in [9.17, 15) is 13.2 Å². The minimum Gasteiger partial charge on any atom is -0.370 e. The van der Waals surface area contributed by atoms with Gasteiger partial charge in [0.15, 0.2) is 0 Å². The Morgan fingerprint density at radius 2 is 1.73 bits per heavy atom. The smallest absolute Gasteiger partial charge is 0.256 e. The second-order valence-corrected chi connectivity index (χ2v) is 10.0. The van der Waals surface area contributed by atoms with Crippen molar-refractivity contribution in [2.75, 3.05) is 36.4 Å². The molecule has 2 aromatic carbocycles. The van der Waals surface area contributed by atoms with Crippen molar-refractivity contribution < 1.29 is 13.2 Å². The molecule has 1 fully saturated rings. The van der Waals surface area contributed by atoms with Crippen LogP contribution in [0.1, 0.15) is 43.5 Å². The maximum absolute atomic E-state index is 13.2. The van der Waals surface area contributed by atoms with Gasteiger partial charge < -0.3 is 10.2 Å². The fraction of sp³-hybridized carbons (Fsp3) is 0.409. The fourth-order valence-corrected chi connectivity index (χ4v) is 5.71. The molecule has 0 unspecified atom stereocenters. The Kier molecular flexibility index (Phi) is 7.55. The highest BCUT2D eigenvalue weighted by atomic mass is 79.9. The number of amides is 1. The Hall–Kier alpha value is -1.90. The summed E-state index contributed by atoms with van der Waals surface area (Å²) in [6, 6.07) is 12.2. The minimum absolute atomic E-state index is 0.211. The number of rotatable bonds is 7. The predicted molar refractivity (Wildman–Crippen MR) is 125 cm³/mol. The summed E-state index contributed by atoms with van der Waals surface area (Å²) in [7, 11) is -3.59. The van der Waals surface area contributed by atoms with E-state index < -0.39 is 10.0 Å². The van der Waals surface area contributed by atoms with Crippen LogP contribution in [-0.2, 0) is 10.0 Å². The second kappa shape index (κ2) is 9.94. The fourth-order valence-electron chi connectivity index (χ4n) is 3.71. The SMILES string of the molecule is CCN(CC)c1ccc(S(=O)(=O)N2CCCCC2)cc1NC(=O)c1ccccc1Br. The van der Waals surface area contributed by atoms with Crippen LogP contribution in [0.4, 0.5) is 11.4 Å². The lowest BCUT2D eigenvalue weighted by molar-refractivity contribution is 0.102. The van der Waals surface area contributed by atoms with Gasteiger partial charge in [0.25, 0.3) is 5.91 Å². The number of sulfonamides is 1. The molecule has 162 valence electrons. The van der Waals surface area contributed by atoms with Crippen molar-refractivity contribution in [1.29, 1.82) is 0 Å². The van der Waals surface area contributed by atoms with Crippen molar-refractivity contribution in [3.05, 3.63) is 52.5 Å². The Balaban J connectivity index is 2.00. The summed E-state index contributed by atoms with van der Waals surface area (Å²) in [5.74, 6) is -0.289. The van der Waals surface area contributed by atoms with Gasteiger partial charge in [0.2, 0.25) is 10.0 Å². The number of nitrogens with zero attached hydrogens (tertiary/aromatic N) is 2. The Bertz CT molecular complexity index is 1000. The summed E-state index contributed by atoms with van der Waals surface area (Å²) >= 11 is 3.41. The molecule has 1 N–H and O–H groups in total. The monoisotopic (exact) mass is 493 g/mol. The molecule has 0 aliphatic carbocycles. The van der Waals surface area contributed by atoms with Gasteiger partial charge in [0, 0.05) is 30.7 Å². The number of carbonyl (C=O) groups is 1. The summed E-state index contributed by atoms with van der Waals surface area (Å²) in [5, 5.41) is 2.94. The number of nitrogens with one attached hydrogen (secondary N) is 1. The molecule has 0 radical (unpaired) electrons. The number of hydrogen-bond acceptors (Lipinski definition) is 4. The van der Waals surface area contributed by atoms with E-state index in [2.05, 4.69) is 26.1 Å². The molecular formula is C22H28BrN3O3S. The maximum atomic E-state index is 13.2. The van der Waals surface area contributed by atoms with E-state index in [-0.39, 0.29) is 10.8 Å². The minimum atomic E-state index is -3.59. The zero-order chi connectivity index (χ0) is 21.7. The van der Waals surface area contributed by atoms with Crippen LogP contribution in [0.2, 0.25) is 0 Å². The number of hydrogen-bond donors (Lipinski definition) is 1. The summed E-state index contributed by atoms with van der Waals surface area (Å²) in [4.78, 5) is 15.2. The molecule has 30 heavy (non-hydrogen) atoms. The Labute approximate surface area is 187 Å². The van der Waals surface area contributed by atoms with Gasteiger partial charge in [-0.15, -0.1) is 0 Å². The average molecular weight is 494 g/mol. The molecule has 3 rings (SSSR count). The topological polar surface area (TPSA) is 69.7 Å². The van der Waals surface area contributed by atoms with Gasteiger partial charge in [-0.3, -0.25) is 4.79 Å². The highest BCUT2D eigenvalue weighted by Gasteiger charge is 2.27. The van der Waals surface area contributed by atoms with Crippen molar-refractivity contribution in [3.8, 4) is 0 Å². The van der Waals surface area contributed by atoms with Crippen LogP contribution in [0.5, 0.6) is 0 Å². The van der Waals surface area contributed by atoms with Crippen LogP contribution in [0.15, 0.2) is 51.8 Å². The molecule has 0 bridgehead atoms. The Morgan fingerprint density at radius 1 is 1.07 bits per heavy atom. The predicted octanol–water partition coefficient (Wildman–Crippen LogP) is 4.72. The lowest BCUT2D eigenvalue weighted by Crippen LogP contribution is -2.35. The highest BCUT2D eigenvalue weighted by molar-refractivity contribution is 9.10. The summed E-state index contributed by atoms with van der Waals surface area (Å²) < 4.78 is 28.6. The molecule has 8 heteroatoms. The average Bonchev–Trinajstić information content (AvgIpc) is 2.76. The maximum Gasteiger partial charge on any atom is 0.256 e. The largest absolute Gasteiger partial charge is 0.370 e. The quantitative estimate of drug-likeness (QED) is 0.605. The van der Waals surface area contributed by atoms with Gasteiger partial charge in [0.05, 0.1) is 21.8 Å². The molecule has 1 aliphatic heterocycles. The number of piperidine rings is 1. The van der Waals surface area contributed by atoms with E-state index in [0.717, 1.165) is 38.0 Å². The summed E-state index contributed by atoms with van der Waals surface area (Å²) in [6.45, 7) is 6.62. The molecule has 0 aromatic heterocycles. The van der Waals surface area contributed by atoms with Crippen LogP contribution in [0, 0.1) is 0 Å². The molecular weight excluding hydrogens is 466 g/mol. The van der Waals surface area contributed by atoms with E-state index in [1.54, 1.807) is 40.7 Å². The van der Waals surface area contributed by atoms with Crippen LogP contribution in [-0.4, -0.2) is 44.8 Å². The van der Waals surface area contributed by atoms with Crippen molar-refractivity contribution >= 4 is 43.2 Å². The van der Waals surface area contributed by atoms with E-state index in [1.165, 1.54) is 0 Å². The van der Waals surface area contributed by atoms with Crippen molar-refractivity contribution in [1.82, 2.24) is 4.31 Å². The van der Waals surface area contributed by atoms with Crippen LogP contribution < -0.4 is 10.2 Å². The van der Waals surface area contributed by atoms with Gasteiger partial charge >= 0.3 is 0 Å². The number of halogens is 1. The van der Waals surface area contributed by atoms with Crippen LogP contribution in [0.3, 0.4) is 0 Å². The van der Waals surface area contributed by atoms with Gasteiger partial charge in [-0.2, -0.15) is 4.31 Å². The van der Waals surface area contributed by atoms with Crippen LogP contribution >= 0.6 is 15.9 Å². The van der Waals surface area contributed by atoms with Crippen LogP contribution in [0.25, 0.3) is 0 Å². The van der Waals surface area contributed by atoms with E-state index >= 15 is 0 Å². The molecule has 2 aromatic rings. The van der Waals surface area contributed by atoms with Crippen molar-refractivity contribution in [2.45, 2.75) is 38.0 Å². The molecule has 1 heterocycles. The number of carbonyl (C=O) groups excluding carboxylic acids is 1. The zero-order valence-electron chi connectivity index (χ0n) is 17.4. The van der Waals surface area contributed by atoms with E-state index in [1.807, 2.05) is 19.9 Å². The number of benzene rings is 2. The Morgan fingerprint density at radius 3 is 2.37 bits per heavy atom. The van der Waals surface area contributed by atoms with Crippen molar-refractivity contribution in [3.63, 3.8) is 0 Å². The molecule has 1 amide bonds. The molecule has 1 aliphatic rings. The first-order valence-electron chi connectivity index (χ1n) is 10.3. The zero-order valence-corrected chi connectivity index (χ0v) is 19.8. The van der Waals surface area contributed by atoms with Gasteiger partial charge in [0.1, 0.15) is 0 Å². The summed E-state index contributed by atoms with van der Waals surface area (Å²) in [6.07, 6.45) is 2.81. The lowest BCUT2D eigenvalue weighted by atomic mass is 10.2. The first kappa shape index (κ1) is 22.8. The number of anilines is 2. The van der Waals surface area contributed by atoms with Gasteiger partial charge in [-0.1, -0.05) is 18.6 Å². The highest BCUT2D eigenvalue weighted by Crippen LogP contribution is 2.32.